The van der Waals surface area contributed by atoms with Gasteiger partial charge in [0, 0.05) is 31.8 Å². The predicted molar refractivity (Wildman–Crippen MR) is 98.8 cm³/mol. The van der Waals surface area contributed by atoms with Gasteiger partial charge in [-0.2, -0.15) is 0 Å². The van der Waals surface area contributed by atoms with Gasteiger partial charge >= 0.3 is 6.03 Å². The molecule has 26 heavy (non-hydrogen) atoms. The van der Waals surface area contributed by atoms with Crippen LogP contribution in [0.25, 0.3) is 10.9 Å². The molecule has 0 radical (unpaired) electrons. The molecule has 3 rings (SSSR count). The molecule has 0 unspecified atom stereocenters. The lowest BCUT2D eigenvalue weighted by molar-refractivity contribution is 0.189. The summed E-state index contributed by atoms with van der Waals surface area (Å²) in [6.45, 7) is 3.27. The fourth-order valence-electron chi connectivity index (χ4n) is 2.78. The summed E-state index contributed by atoms with van der Waals surface area (Å²) in [6.07, 6.45) is 4.24. The standard InChI is InChI=1S/C18H22N6O2/c1-13(17-23-20-12-24(17)10-5-11-26-2)21-18(25)22-16-8-3-7-15-14(16)6-4-9-19-15/h3-4,6-9,12-13H,5,10-11H2,1-2H3,(H2,21,22,25)/t13-/m1/s1. The minimum absolute atomic E-state index is 0.284. The lowest BCUT2D eigenvalue weighted by Crippen LogP contribution is -2.32. The number of urea groups is 1. The average Bonchev–Trinajstić information content (AvgIpc) is 3.11. The molecule has 0 saturated heterocycles. The summed E-state index contributed by atoms with van der Waals surface area (Å²) >= 11 is 0. The van der Waals surface area contributed by atoms with Crippen molar-refractivity contribution in [3.8, 4) is 0 Å². The van der Waals surface area contributed by atoms with Gasteiger partial charge in [0.25, 0.3) is 0 Å². The second-order valence-electron chi connectivity index (χ2n) is 5.92. The van der Waals surface area contributed by atoms with Crippen molar-refractivity contribution in [2.45, 2.75) is 25.9 Å². The van der Waals surface area contributed by atoms with E-state index in [1.807, 2.05) is 41.8 Å². The molecule has 3 aromatic rings. The Kier molecular flexibility index (Phi) is 5.75. The van der Waals surface area contributed by atoms with Crippen LogP contribution in [0.2, 0.25) is 0 Å². The third-order valence-corrected chi connectivity index (χ3v) is 4.02. The van der Waals surface area contributed by atoms with E-state index in [0.29, 0.717) is 18.1 Å². The highest BCUT2D eigenvalue weighted by Crippen LogP contribution is 2.21. The highest BCUT2D eigenvalue weighted by molar-refractivity contribution is 6.00. The number of anilines is 1. The molecular weight excluding hydrogens is 332 g/mol. The Hall–Kier alpha value is -3.00. The van der Waals surface area contributed by atoms with Gasteiger partial charge in [-0.1, -0.05) is 6.07 Å². The maximum atomic E-state index is 12.4. The van der Waals surface area contributed by atoms with Gasteiger partial charge in [-0.3, -0.25) is 4.98 Å². The van der Waals surface area contributed by atoms with Crippen molar-refractivity contribution in [3.05, 3.63) is 48.7 Å². The van der Waals surface area contributed by atoms with Crippen molar-refractivity contribution in [1.82, 2.24) is 25.1 Å². The van der Waals surface area contributed by atoms with Gasteiger partial charge < -0.3 is 19.9 Å². The first-order valence-electron chi connectivity index (χ1n) is 8.47. The van der Waals surface area contributed by atoms with Crippen LogP contribution >= 0.6 is 0 Å². The van der Waals surface area contributed by atoms with E-state index in [9.17, 15) is 4.79 Å². The molecule has 0 fully saturated rings. The summed E-state index contributed by atoms with van der Waals surface area (Å²) in [6, 6.07) is 8.80. The second kappa shape index (κ2) is 8.39. The fourth-order valence-corrected chi connectivity index (χ4v) is 2.78. The van der Waals surface area contributed by atoms with Crippen LogP contribution in [0.1, 0.15) is 25.2 Å². The Morgan fingerprint density at radius 2 is 2.19 bits per heavy atom. The number of nitrogens with zero attached hydrogens (tertiary/aromatic N) is 4. The van der Waals surface area contributed by atoms with Gasteiger partial charge in [0.05, 0.1) is 17.2 Å². The molecule has 0 aliphatic rings. The zero-order valence-electron chi connectivity index (χ0n) is 14.8. The first kappa shape index (κ1) is 17.8. The third kappa shape index (κ3) is 4.15. The van der Waals surface area contributed by atoms with Gasteiger partial charge in [0.15, 0.2) is 5.82 Å². The van der Waals surface area contributed by atoms with E-state index < -0.39 is 0 Å². The number of carbonyl (C=O) groups excluding carboxylic acids is 1. The minimum Gasteiger partial charge on any atom is -0.385 e. The number of benzene rings is 1. The van der Waals surface area contributed by atoms with Crippen molar-refractivity contribution >= 4 is 22.6 Å². The summed E-state index contributed by atoms with van der Waals surface area (Å²) in [7, 11) is 1.67. The van der Waals surface area contributed by atoms with Crippen LogP contribution in [-0.2, 0) is 11.3 Å². The molecule has 0 aliphatic heterocycles. The Labute approximate surface area is 151 Å². The topological polar surface area (TPSA) is 94.0 Å². The summed E-state index contributed by atoms with van der Waals surface area (Å²) in [5.74, 6) is 0.704. The van der Waals surface area contributed by atoms with Gasteiger partial charge in [-0.25, -0.2) is 4.79 Å². The number of aromatic nitrogens is 4. The maximum Gasteiger partial charge on any atom is 0.319 e. The van der Waals surface area contributed by atoms with Crippen LogP contribution in [0.3, 0.4) is 0 Å². The summed E-state index contributed by atoms with van der Waals surface area (Å²) in [5.41, 5.74) is 1.54. The summed E-state index contributed by atoms with van der Waals surface area (Å²) in [4.78, 5) is 16.7. The third-order valence-electron chi connectivity index (χ3n) is 4.02. The molecule has 2 heterocycles. The number of hydrogen-bond acceptors (Lipinski definition) is 5. The van der Waals surface area contributed by atoms with E-state index in [4.69, 9.17) is 4.74 Å². The van der Waals surface area contributed by atoms with Gasteiger partial charge in [-0.15, -0.1) is 10.2 Å². The van der Waals surface area contributed by atoms with Gasteiger partial charge in [0.1, 0.15) is 6.33 Å². The van der Waals surface area contributed by atoms with Crippen LogP contribution in [0.4, 0.5) is 10.5 Å². The van der Waals surface area contributed by atoms with E-state index in [2.05, 4.69) is 25.8 Å². The minimum atomic E-state index is -0.305. The van der Waals surface area contributed by atoms with Crippen LogP contribution in [-0.4, -0.2) is 39.5 Å². The maximum absolute atomic E-state index is 12.4. The molecule has 8 nitrogen and oxygen atoms in total. The van der Waals surface area contributed by atoms with Crippen LogP contribution in [0.15, 0.2) is 42.9 Å². The number of amides is 2. The number of carbonyl (C=O) groups is 1. The molecule has 0 spiro atoms. The monoisotopic (exact) mass is 354 g/mol. The molecule has 1 aromatic carbocycles. The summed E-state index contributed by atoms with van der Waals surface area (Å²) in [5, 5.41) is 14.7. The molecule has 1 atom stereocenters. The van der Waals surface area contributed by atoms with Crippen LogP contribution in [0, 0.1) is 0 Å². The fraction of sp³-hybridized carbons (Fsp3) is 0.333. The lowest BCUT2D eigenvalue weighted by atomic mass is 10.2. The molecule has 136 valence electrons. The first-order valence-corrected chi connectivity index (χ1v) is 8.47. The number of fused-ring (bicyclic) bond motifs is 1. The molecular formula is C18H22N6O2. The van der Waals surface area contributed by atoms with Gasteiger partial charge in [0.2, 0.25) is 0 Å². The number of aryl methyl sites for hydroxylation is 1. The first-order chi connectivity index (χ1) is 12.7. The highest BCUT2D eigenvalue weighted by Gasteiger charge is 2.16. The summed E-state index contributed by atoms with van der Waals surface area (Å²) < 4.78 is 6.99. The molecule has 8 heteroatoms. The molecule has 2 amide bonds. The molecule has 0 saturated carbocycles. The molecule has 2 aromatic heterocycles. The number of pyridine rings is 1. The Morgan fingerprint density at radius 1 is 1.31 bits per heavy atom. The Balaban J connectivity index is 1.65. The van der Waals surface area contributed by atoms with E-state index in [-0.39, 0.29) is 12.1 Å². The second-order valence-corrected chi connectivity index (χ2v) is 5.92. The number of hydrogen-bond donors (Lipinski definition) is 2. The molecule has 0 aliphatic carbocycles. The zero-order valence-corrected chi connectivity index (χ0v) is 14.8. The van der Waals surface area contributed by atoms with Crippen molar-refractivity contribution in [1.29, 1.82) is 0 Å². The van der Waals surface area contributed by atoms with E-state index in [1.165, 1.54) is 0 Å². The smallest absolute Gasteiger partial charge is 0.319 e. The van der Waals surface area contributed by atoms with Crippen molar-refractivity contribution in [2.24, 2.45) is 0 Å². The molecule has 2 N–H and O–H groups in total. The largest absolute Gasteiger partial charge is 0.385 e. The zero-order chi connectivity index (χ0) is 18.4. The van der Waals surface area contributed by atoms with E-state index >= 15 is 0 Å². The highest BCUT2D eigenvalue weighted by atomic mass is 16.5. The number of methoxy groups -OCH3 is 1. The quantitative estimate of drug-likeness (QED) is 0.636. The average molecular weight is 354 g/mol. The Bertz CT molecular complexity index is 874. The molecule has 0 bridgehead atoms. The number of rotatable bonds is 7. The van der Waals surface area contributed by atoms with Crippen molar-refractivity contribution in [3.63, 3.8) is 0 Å². The van der Waals surface area contributed by atoms with Crippen LogP contribution < -0.4 is 10.6 Å². The van der Waals surface area contributed by atoms with E-state index in [0.717, 1.165) is 23.9 Å². The lowest BCUT2D eigenvalue weighted by Gasteiger charge is -2.16. The number of nitrogens with one attached hydrogen (secondary N) is 2. The predicted octanol–water partition coefficient (Wildman–Crippen LogP) is 2.75. The van der Waals surface area contributed by atoms with Crippen LogP contribution in [0.5, 0.6) is 0 Å². The SMILES string of the molecule is COCCCn1cnnc1[C@@H](C)NC(=O)Nc1cccc2ncccc12. The van der Waals surface area contributed by atoms with Crippen molar-refractivity contribution < 1.29 is 9.53 Å². The van der Waals surface area contributed by atoms with Crippen molar-refractivity contribution in [2.75, 3.05) is 19.0 Å². The normalized spacial score (nSPS) is 12.1. The van der Waals surface area contributed by atoms with E-state index in [1.54, 1.807) is 19.6 Å². The Morgan fingerprint density at radius 3 is 3.04 bits per heavy atom. The number of ether oxygens (including phenoxy) is 1. The van der Waals surface area contributed by atoms with Gasteiger partial charge in [-0.05, 0) is 37.6 Å².